The van der Waals surface area contributed by atoms with E-state index in [0.717, 1.165) is 18.6 Å². The average molecular weight is 260 g/mol. The number of hydrogen-bond donors (Lipinski definition) is 0. The minimum absolute atomic E-state index is 0.261. The third kappa shape index (κ3) is 2.95. The molecule has 0 unspecified atom stereocenters. The zero-order valence-electron chi connectivity index (χ0n) is 10.8. The lowest BCUT2D eigenvalue weighted by atomic mass is 9.98. The normalized spacial score (nSPS) is 16.5. The van der Waals surface area contributed by atoms with Crippen LogP contribution in [0.15, 0.2) is 36.7 Å². The number of aromatic nitrogens is 2. The van der Waals surface area contributed by atoms with Gasteiger partial charge < -0.3 is 4.74 Å². The third-order valence-corrected chi connectivity index (χ3v) is 3.49. The van der Waals surface area contributed by atoms with Crippen molar-refractivity contribution in [1.82, 2.24) is 9.78 Å². The molecule has 0 aliphatic heterocycles. The fourth-order valence-electron chi connectivity index (χ4n) is 2.50. The molecule has 1 aromatic carbocycles. The standard InChI is InChI=1S/C15H17FN2O/c16-12-5-4-6-13(9-12)18-11-15(10-17-18)19-14-7-2-1-3-8-14/h4-6,9-11,14H,1-3,7-8H2. The summed E-state index contributed by atoms with van der Waals surface area (Å²) in [5.74, 6) is 0.499. The predicted octanol–water partition coefficient (Wildman–Crippen LogP) is 3.72. The molecule has 100 valence electrons. The van der Waals surface area contributed by atoms with Gasteiger partial charge in [-0.05, 0) is 43.9 Å². The number of hydrogen-bond acceptors (Lipinski definition) is 2. The molecule has 0 radical (unpaired) electrons. The van der Waals surface area contributed by atoms with Crippen LogP contribution in [-0.2, 0) is 0 Å². The van der Waals surface area contributed by atoms with Gasteiger partial charge in [0.15, 0.2) is 5.75 Å². The van der Waals surface area contributed by atoms with Crippen molar-refractivity contribution in [1.29, 1.82) is 0 Å². The molecule has 1 aliphatic rings. The molecule has 0 spiro atoms. The van der Waals surface area contributed by atoms with E-state index >= 15 is 0 Å². The fourth-order valence-corrected chi connectivity index (χ4v) is 2.50. The van der Waals surface area contributed by atoms with Crippen LogP contribution in [-0.4, -0.2) is 15.9 Å². The summed E-state index contributed by atoms with van der Waals surface area (Å²) in [4.78, 5) is 0. The maximum atomic E-state index is 13.2. The molecule has 1 aliphatic carbocycles. The van der Waals surface area contributed by atoms with Crippen LogP contribution in [0.3, 0.4) is 0 Å². The van der Waals surface area contributed by atoms with Crippen molar-refractivity contribution in [2.45, 2.75) is 38.2 Å². The van der Waals surface area contributed by atoms with Crippen molar-refractivity contribution in [2.24, 2.45) is 0 Å². The van der Waals surface area contributed by atoms with Gasteiger partial charge in [-0.25, -0.2) is 9.07 Å². The Morgan fingerprint density at radius 1 is 1.21 bits per heavy atom. The first kappa shape index (κ1) is 12.2. The van der Waals surface area contributed by atoms with Crippen molar-refractivity contribution in [3.05, 3.63) is 42.5 Å². The molecule has 3 rings (SSSR count). The highest BCUT2D eigenvalue weighted by Crippen LogP contribution is 2.23. The Balaban J connectivity index is 1.72. The van der Waals surface area contributed by atoms with E-state index in [-0.39, 0.29) is 5.82 Å². The number of halogens is 1. The fraction of sp³-hybridized carbons (Fsp3) is 0.400. The second-order valence-electron chi connectivity index (χ2n) is 4.98. The van der Waals surface area contributed by atoms with Crippen LogP contribution in [0.1, 0.15) is 32.1 Å². The van der Waals surface area contributed by atoms with Gasteiger partial charge in [-0.2, -0.15) is 5.10 Å². The Kier molecular flexibility index (Phi) is 3.49. The number of benzene rings is 1. The Labute approximate surface area is 112 Å². The molecule has 0 atom stereocenters. The first-order valence-corrected chi connectivity index (χ1v) is 6.78. The zero-order chi connectivity index (χ0) is 13.1. The maximum Gasteiger partial charge on any atom is 0.158 e. The van der Waals surface area contributed by atoms with Gasteiger partial charge in [0.25, 0.3) is 0 Å². The lowest BCUT2D eigenvalue weighted by Crippen LogP contribution is -2.19. The van der Waals surface area contributed by atoms with E-state index in [1.54, 1.807) is 16.9 Å². The van der Waals surface area contributed by atoms with Gasteiger partial charge in [0.05, 0.1) is 24.2 Å². The van der Waals surface area contributed by atoms with E-state index in [9.17, 15) is 4.39 Å². The maximum absolute atomic E-state index is 13.2. The van der Waals surface area contributed by atoms with Crippen molar-refractivity contribution in [2.75, 3.05) is 0 Å². The van der Waals surface area contributed by atoms with Crippen molar-refractivity contribution < 1.29 is 9.13 Å². The summed E-state index contributed by atoms with van der Waals surface area (Å²) in [6.07, 6.45) is 9.83. The van der Waals surface area contributed by atoms with Gasteiger partial charge in [0.1, 0.15) is 5.82 Å². The van der Waals surface area contributed by atoms with Crippen LogP contribution in [0.4, 0.5) is 4.39 Å². The summed E-state index contributed by atoms with van der Waals surface area (Å²) >= 11 is 0. The molecular weight excluding hydrogens is 243 g/mol. The Morgan fingerprint density at radius 3 is 2.84 bits per heavy atom. The van der Waals surface area contributed by atoms with Crippen LogP contribution in [0.5, 0.6) is 5.75 Å². The molecule has 0 bridgehead atoms. The van der Waals surface area contributed by atoms with Gasteiger partial charge in [0, 0.05) is 0 Å². The molecular formula is C15H17FN2O. The number of ether oxygens (including phenoxy) is 1. The van der Waals surface area contributed by atoms with Crippen molar-refractivity contribution in [3.8, 4) is 11.4 Å². The zero-order valence-corrected chi connectivity index (χ0v) is 10.8. The van der Waals surface area contributed by atoms with Crippen LogP contribution in [0, 0.1) is 5.82 Å². The van der Waals surface area contributed by atoms with Gasteiger partial charge in [0.2, 0.25) is 0 Å². The van der Waals surface area contributed by atoms with Gasteiger partial charge in [-0.3, -0.25) is 0 Å². The highest BCUT2D eigenvalue weighted by atomic mass is 19.1. The number of nitrogens with zero attached hydrogens (tertiary/aromatic N) is 2. The summed E-state index contributed by atoms with van der Waals surface area (Å²) in [5.41, 5.74) is 0.707. The van der Waals surface area contributed by atoms with Gasteiger partial charge in [-0.15, -0.1) is 0 Å². The summed E-state index contributed by atoms with van der Waals surface area (Å²) in [6.45, 7) is 0. The second kappa shape index (κ2) is 5.43. The highest BCUT2D eigenvalue weighted by molar-refractivity contribution is 5.32. The lowest BCUT2D eigenvalue weighted by Gasteiger charge is -2.21. The first-order valence-electron chi connectivity index (χ1n) is 6.78. The van der Waals surface area contributed by atoms with E-state index in [1.807, 2.05) is 12.3 Å². The van der Waals surface area contributed by atoms with Crippen LogP contribution < -0.4 is 4.74 Å². The molecule has 1 aromatic heterocycles. The Hall–Kier alpha value is -1.84. The van der Waals surface area contributed by atoms with Crippen LogP contribution >= 0.6 is 0 Å². The molecule has 2 aromatic rings. The smallest absolute Gasteiger partial charge is 0.158 e. The quantitative estimate of drug-likeness (QED) is 0.841. The minimum Gasteiger partial charge on any atom is -0.487 e. The van der Waals surface area contributed by atoms with E-state index < -0.39 is 0 Å². The molecule has 1 saturated carbocycles. The molecule has 1 heterocycles. The van der Waals surface area contributed by atoms with Gasteiger partial charge >= 0.3 is 0 Å². The minimum atomic E-state index is -0.261. The molecule has 4 heteroatoms. The molecule has 1 fully saturated rings. The lowest BCUT2D eigenvalue weighted by molar-refractivity contribution is 0.155. The molecule has 0 saturated heterocycles. The summed E-state index contributed by atoms with van der Waals surface area (Å²) < 4.78 is 20.7. The Bertz CT molecular complexity index is 547. The largest absolute Gasteiger partial charge is 0.487 e. The topological polar surface area (TPSA) is 27.1 Å². The first-order chi connectivity index (χ1) is 9.31. The van der Waals surface area contributed by atoms with Crippen LogP contribution in [0.25, 0.3) is 5.69 Å². The van der Waals surface area contributed by atoms with E-state index in [1.165, 1.54) is 31.4 Å². The van der Waals surface area contributed by atoms with Crippen molar-refractivity contribution in [3.63, 3.8) is 0 Å². The second-order valence-corrected chi connectivity index (χ2v) is 4.98. The summed E-state index contributed by atoms with van der Waals surface area (Å²) in [5, 5.41) is 4.22. The highest BCUT2D eigenvalue weighted by Gasteiger charge is 2.15. The predicted molar refractivity (Wildman–Crippen MR) is 71.0 cm³/mol. The monoisotopic (exact) mass is 260 g/mol. The number of rotatable bonds is 3. The van der Waals surface area contributed by atoms with E-state index in [2.05, 4.69) is 5.10 Å². The summed E-state index contributed by atoms with van der Waals surface area (Å²) in [7, 11) is 0. The van der Waals surface area contributed by atoms with Crippen molar-refractivity contribution >= 4 is 0 Å². The van der Waals surface area contributed by atoms with Gasteiger partial charge in [-0.1, -0.05) is 12.5 Å². The third-order valence-electron chi connectivity index (χ3n) is 3.49. The summed E-state index contributed by atoms with van der Waals surface area (Å²) in [6, 6.07) is 6.37. The van der Waals surface area contributed by atoms with Crippen LogP contribution in [0.2, 0.25) is 0 Å². The van der Waals surface area contributed by atoms with E-state index in [4.69, 9.17) is 4.74 Å². The molecule has 19 heavy (non-hydrogen) atoms. The average Bonchev–Trinajstić information content (AvgIpc) is 2.88. The Morgan fingerprint density at radius 2 is 2.05 bits per heavy atom. The van der Waals surface area contributed by atoms with E-state index in [0.29, 0.717) is 11.8 Å². The molecule has 0 amide bonds. The SMILES string of the molecule is Fc1cccc(-n2cc(OC3CCCCC3)cn2)c1. The molecule has 3 nitrogen and oxygen atoms in total. The molecule has 0 N–H and O–H groups in total.